The molecule has 0 spiro atoms. The molecule has 5 nitrogen and oxygen atoms in total. The number of hydrogen-bond acceptors (Lipinski definition) is 3. The fourth-order valence-corrected chi connectivity index (χ4v) is 1.85. The topological polar surface area (TPSA) is 83.8 Å². The van der Waals surface area contributed by atoms with Gasteiger partial charge in [-0.3, -0.25) is 4.79 Å². The number of nitrogen functional groups attached to an aromatic ring is 1. The molecule has 1 aliphatic heterocycles. The van der Waals surface area contributed by atoms with Gasteiger partial charge in [-0.25, -0.2) is 4.98 Å². The molecule has 0 aliphatic carbocycles. The van der Waals surface area contributed by atoms with Crippen LogP contribution in [0.1, 0.15) is 11.3 Å². The molecule has 100 valence electrons. The summed E-state index contributed by atoms with van der Waals surface area (Å²) in [5, 5.41) is 2.79. The third-order valence-electron chi connectivity index (χ3n) is 2.65. The van der Waals surface area contributed by atoms with Crippen molar-refractivity contribution >= 4 is 53.7 Å². The van der Waals surface area contributed by atoms with Gasteiger partial charge in [-0.05, 0) is 24.3 Å². The molecule has 0 atom stereocenters. The maximum absolute atomic E-state index is 11.8. The molecule has 3 rings (SSSR count). The van der Waals surface area contributed by atoms with E-state index in [9.17, 15) is 4.79 Å². The molecule has 1 amide bonds. The van der Waals surface area contributed by atoms with Crippen LogP contribution in [0.2, 0.25) is 0 Å². The molecule has 0 saturated heterocycles. The van der Waals surface area contributed by atoms with Crippen LogP contribution in [0.4, 0.5) is 11.4 Å². The van der Waals surface area contributed by atoms with E-state index in [-0.39, 0.29) is 30.7 Å². The van der Waals surface area contributed by atoms with Crippen molar-refractivity contribution in [3.63, 3.8) is 0 Å². The first-order valence-corrected chi connectivity index (χ1v) is 5.15. The van der Waals surface area contributed by atoms with Crippen LogP contribution >= 0.6 is 24.8 Å². The lowest BCUT2D eigenvalue weighted by atomic mass is 10.1. The molecular weight excluding hydrogens is 287 g/mol. The van der Waals surface area contributed by atoms with Gasteiger partial charge < -0.3 is 16.0 Å². The number of imidazole rings is 1. The second-order valence-corrected chi connectivity index (χ2v) is 3.82. The van der Waals surface area contributed by atoms with E-state index in [0.717, 1.165) is 16.9 Å². The second-order valence-electron chi connectivity index (χ2n) is 3.82. The number of nitrogens with one attached hydrogen (secondary N) is 2. The zero-order valence-corrected chi connectivity index (χ0v) is 11.3. The fourth-order valence-electron chi connectivity index (χ4n) is 1.85. The SMILES string of the molecule is Cl.Cl.Nc1ccc2c(c1)/C(=C/c1cnc[nH]1)C(=O)N2. The number of rotatable bonds is 1. The van der Waals surface area contributed by atoms with E-state index in [4.69, 9.17) is 5.73 Å². The van der Waals surface area contributed by atoms with E-state index in [1.807, 2.05) is 0 Å². The van der Waals surface area contributed by atoms with Gasteiger partial charge >= 0.3 is 0 Å². The van der Waals surface area contributed by atoms with E-state index < -0.39 is 0 Å². The minimum Gasteiger partial charge on any atom is -0.399 e. The van der Waals surface area contributed by atoms with Gasteiger partial charge in [0.25, 0.3) is 5.91 Å². The van der Waals surface area contributed by atoms with Crippen molar-refractivity contribution in [2.24, 2.45) is 0 Å². The van der Waals surface area contributed by atoms with Gasteiger partial charge in [0.1, 0.15) is 0 Å². The Labute approximate surface area is 122 Å². The van der Waals surface area contributed by atoms with Gasteiger partial charge in [-0.1, -0.05) is 0 Å². The molecule has 0 bridgehead atoms. The van der Waals surface area contributed by atoms with Crippen molar-refractivity contribution in [2.75, 3.05) is 11.1 Å². The molecule has 2 heterocycles. The van der Waals surface area contributed by atoms with Crippen molar-refractivity contribution in [1.82, 2.24) is 9.97 Å². The maximum Gasteiger partial charge on any atom is 0.256 e. The lowest BCUT2D eigenvalue weighted by Crippen LogP contribution is -2.03. The molecule has 4 N–H and O–H groups in total. The molecule has 7 heteroatoms. The molecule has 1 aromatic carbocycles. The van der Waals surface area contributed by atoms with Crippen molar-refractivity contribution in [1.29, 1.82) is 0 Å². The van der Waals surface area contributed by atoms with Crippen molar-refractivity contribution in [2.45, 2.75) is 0 Å². The van der Waals surface area contributed by atoms with Crippen LogP contribution in [0, 0.1) is 0 Å². The summed E-state index contributed by atoms with van der Waals surface area (Å²) >= 11 is 0. The van der Waals surface area contributed by atoms with Crippen LogP contribution in [-0.2, 0) is 4.79 Å². The average Bonchev–Trinajstić information content (AvgIpc) is 2.90. The number of nitrogens with zero attached hydrogens (tertiary/aromatic N) is 1. The van der Waals surface area contributed by atoms with Gasteiger partial charge in [-0.15, -0.1) is 24.8 Å². The van der Waals surface area contributed by atoms with Gasteiger partial charge in [0, 0.05) is 16.9 Å². The minimum atomic E-state index is -0.125. The molecular formula is C12H12Cl2N4O. The van der Waals surface area contributed by atoms with E-state index in [1.165, 1.54) is 0 Å². The highest BCUT2D eigenvalue weighted by molar-refractivity contribution is 6.35. The Balaban J connectivity index is 0.000000902. The van der Waals surface area contributed by atoms with Crippen molar-refractivity contribution in [3.05, 3.63) is 42.0 Å². The number of benzene rings is 1. The third kappa shape index (κ3) is 2.72. The molecule has 0 radical (unpaired) electrons. The number of aromatic amines is 1. The van der Waals surface area contributed by atoms with E-state index in [0.29, 0.717) is 11.3 Å². The quantitative estimate of drug-likeness (QED) is 0.558. The zero-order chi connectivity index (χ0) is 11.8. The molecule has 0 fully saturated rings. The second kappa shape index (κ2) is 5.77. The summed E-state index contributed by atoms with van der Waals surface area (Å²) in [4.78, 5) is 18.7. The zero-order valence-electron chi connectivity index (χ0n) is 9.71. The van der Waals surface area contributed by atoms with Gasteiger partial charge in [0.2, 0.25) is 0 Å². The van der Waals surface area contributed by atoms with Crippen LogP contribution in [0.5, 0.6) is 0 Å². The molecule has 19 heavy (non-hydrogen) atoms. The first-order chi connectivity index (χ1) is 8.24. The number of H-pyrrole nitrogens is 1. The Morgan fingerprint density at radius 1 is 1.26 bits per heavy atom. The molecule has 1 aliphatic rings. The summed E-state index contributed by atoms with van der Waals surface area (Å²) in [6, 6.07) is 5.35. The predicted molar refractivity (Wildman–Crippen MR) is 80.4 cm³/mol. The Bertz CT molecular complexity index is 623. The van der Waals surface area contributed by atoms with Crippen LogP contribution in [0.25, 0.3) is 11.6 Å². The van der Waals surface area contributed by atoms with Crippen molar-refractivity contribution < 1.29 is 4.79 Å². The number of carbonyl (C=O) groups excluding carboxylic acids is 1. The molecule has 1 aromatic heterocycles. The third-order valence-corrected chi connectivity index (χ3v) is 2.65. The highest BCUT2D eigenvalue weighted by Crippen LogP contribution is 2.33. The van der Waals surface area contributed by atoms with Gasteiger partial charge in [-0.2, -0.15) is 0 Å². The smallest absolute Gasteiger partial charge is 0.256 e. The number of halogens is 2. The summed E-state index contributed by atoms with van der Waals surface area (Å²) in [6.45, 7) is 0. The number of aromatic nitrogens is 2. The molecule has 0 unspecified atom stereocenters. The van der Waals surface area contributed by atoms with Crippen LogP contribution in [0.3, 0.4) is 0 Å². The summed E-state index contributed by atoms with van der Waals surface area (Å²) in [5.41, 5.74) is 9.35. The highest BCUT2D eigenvalue weighted by atomic mass is 35.5. The number of amides is 1. The fraction of sp³-hybridized carbons (Fsp3) is 0. The van der Waals surface area contributed by atoms with Gasteiger partial charge in [0.05, 0.1) is 23.8 Å². The number of nitrogens with two attached hydrogens (primary N) is 1. The predicted octanol–water partition coefficient (Wildman–Crippen LogP) is 2.33. The normalized spacial score (nSPS) is 14.3. The molecule has 2 aromatic rings. The van der Waals surface area contributed by atoms with E-state index in [2.05, 4.69) is 15.3 Å². The standard InChI is InChI=1S/C12H10N4O.2ClH/c13-7-1-2-11-9(3-7)10(12(17)16-11)4-8-5-14-6-15-8;;/h1-6H,13H2,(H,14,15)(H,16,17);2*1H/b10-4-;;. The Morgan fingerprint density at radius 2 is 2.05 bits per heavy atom. The number of fused-ring (bicyclic) bond motifs is 1. The minimum absolute atomic E-state index is 0. The van der Waals surface area contributed by atoms with Gasteiger partial charge in [0.15, 0.2) is 0 Å². The summed E-state index contributed by atoms with van der Waals surface area (Å²) in [7, 11) is 0. The largest absolute Gasteiger partial charge is 0.399 e. The lowest BCUT2D eigenvalue weighted by Gasteiger charge is -1.99. The Kier molecular flexibility index (Phi) is 4.58. The Hall–Kier alpha value is -1.98. The number of anilines is 2. The summed E-state index contributed by atoms with van der Waals surface area (Å²) in [6.07, 6.45) is 4.98. The monoisotopic (exact) mass is 298 g/mol. The van der Waals surface area contributed by atoms with E-state index in [1.54, 1.807) is 36.8 Å². The Morgan fingerprint density at radius 3 is 2.74 bits per heavy atom. The maximum atomic E-state index is 11.8. The number of carbonyl (C=O) groups is 1. The first-order valence-electron chi connectivity index (χ1n) is 5.15. The van der Waals surface area contributed by atoms with Crippen LogP contribution in [0.15, 0.2) is 30.7 Å². The summed E-state index contributed by atoms with van der Waals surface area (Å²) in [5.74, 6) is -0.125. The van der Waals surface area contributed by atoms with E-state index >= 15 is 0 Å². The van der Waals surface area contributed by atoms with Crippen molar-refractivity contribution in [3.8, 4) is 0 Å². The van der Waals surface area contributed by atoms with Crippen LogP contribution < -0.4 is 11.1 Å². The average molecular weight is 299 g/mol. The number of hydrogen-bond donors (Lipinski definition) is 3. The van der Waals surface area contributed by atoms with Crippen LogP contribution in [-0.4, -0.2) is 15.9 Å². The first kappa shape index (κ1) is 15.1. The molecule has 0 saturated carbocycles. The summed E-state index contributed by atoms with van der Waals surface area (Å²) < 4.78 is 0. The lowest BCUT2D eigenvalue weighted by molar-refractivity contribution is -0.110. The highest BCUT2D eigenvalue weighted by Gasteiger charge is 2.24.